The van der Waals surface area contributed by atoms with Gasteiger partial charge in [-0.3, -0.25) is 10.7 Å². The van der Waals surface area contributed by atoms with Crippen molar-refractivity contribution in [3.05, 3.63) is 11.0 Å². The number of nitrogens with zero attached hydrogens (tertiary/aromatic N) is 1. The Morgan fingerprint density at radius 2 is 1.57 bits per heavy atom. The van der Waals surface area contributed by atoms with Crippen molar-refractivity contribution in [1.29, 1.82) is 0 Å². The van der Waals surface area contributed by atoms with Crippen molar-refractivity contribution in [2.75, 3.05) is 0 Å². The zero-order chi connectivity index (χ0) is 7.44. The Morgan fingerprint density at radius 3 is 1.57 bits per heavy atom. The monoisotopic (exact) mass is 258 g/mol. The van der Waals surface area contributed by atoms with Crippen LogP contribution in [0.25, 0.3) is 5.41 Å². The molecule has 0 aromatic heterocycles. The van der Waals surface area contributed by atoms with Crippen LogP contribution in [0, 0.1) is 0 Å². The first-order chi connectivity index (χ1) is 4.09. The topological polar surface area (TPSA) is 160 Å². The van der Waals surface area contributed by atoms with Crippen LogP contribution in [0.15, 0.2) is 5.57 Å². The van der Waals surface area contributed by atoms with Crippen LogP contribution in [0.2, 0.25) is 0 Å². The van der Waals surface area contributed by atoms with Crippen LogP contribution < -0.4 is 64.8 Å². The summed E-state index contributed by atoms with van der Waals surface area (Å²) in [6.45, 7) is 0. The van der Waals surface area contributed by atoms with Gasteiger partial charge in [-0.05, 0) is 0 Å². The van der Waals surface area contributed by atoms with Gasteiger partial charge in [-0.2, -0.15) is 0 Å². The van der Waals surface area contributed by atoms with E-state index in [0.29, 0.717) is 0 Å². The Kier molecular flexibility index (Phi) is 50.9. The van der Waals surface area contributed by atoms with Crippen LogP contribution in [0.1, 0.15) is 0 Å². The number of primary amides is 1. The van der Waals surface area contributed by atoms with Gasteiger partial charge in [0, 0.05) is 5.57 Å². The van der Waals surface area contributed by atoms with Crippen molar-refractivity contribution >= 4 is 40.8 Å². The number of hydrogen-bond donors (Lipinski definition) is 1. The largest absolute Gasteiger partial charge is 1.00 e. The zero-order valence-corrected chi connectivity index (χ0v) is 13.4. The molecule has 6 nitrogen and oxygen atoms in total. The van der Waals surface area contributed by atoms with E-state index < -0.39 is 5.91 Å². The fourth-order valence-electron chi connectivity index (χ4n) is 0.201. The number of carbonyl (C=O) groups excluding carboxylic acids is 1. The molecule has 14 heavy (non-hydrogen) atoms. The van der Waals surface area contributed by atoms with Crippen LogP contribution in [-0.2, 0) is 17.4 Å². The fraction of sp³-hybridized carbons (Fsp3) is 0. The minimum atomic E-state index is -0.863. The van der Waals surface area contributed by atoms with E-state index in [0.717, 1.165) is 0 Å². The second-order valence-electron chi connectivity index (χ2n) is 1.14. The van der Waals surface area contributed by atoms with Gasteiger partial charge in [-0.1, -0.05) is 0 Å². The number of carbonyl (C=O) groups is 1. The summed E-state index contributed by atoms with van der Waals surface area (Å²) in [5.74, 6) is 0.634. The molecule has 72 valence electrons. The maximum absolute atomic E-state index is 10.2. The molecule has 0 spiro atoms. The average molecular weight is 258 g/mol. The summed E-state index contributed by atoms with van der Waals surface area (Å²) >= 11 is 8.69. The number of thiocarbonyl (C=S) groups is 1. The Morgan fingerprint density at radius 1 is 1.29 bits per heavy atom. The summed E-state index contributed by atoms with van der Waals surface area (Å²) in [5, 5.41) is 8.12. The van der Waals surface area contributed by atoms with Gasteiger partial charge in [0.05, 0.1) is 0 Å². The molecule has 0 aromatic rings. The van der Waals surface area contributed by atoms with E-state index in [1.807, 2.05) is 0 Å². The average Bonchev–Trinajstić information content (AvgIpc) is 1.64. The van der Waals surface area contributed by atoms with Crippen LogP contribution in [0.5, 0.6) is 0 Å². The Hall–Kier alpha value is 1.11. The summed E-state index contributed by atoms with van der Waals surface area (Å²) in [4.78, 5) is 10.2. The van der Waals surface area contributed by atoms with Gasteiger partial charge < -0.3 is 52.4 Å². The first-order valence-corrected chi connectivity index (χ1v) is 2.69. The molecule has 0 aliphatic rings. The van der Waals surface area contributed by atoms with Crippen LogP contribution in [0.4, 0.5) is 0 Å². The second kappa shape index (κ2) is 19.6. The summed E-state index contributed by atoms with van der Waals surface area (Å²) in [5.41, 5.74) is 4.38. The van der Waals surface area contributed by atoms with Gasteiger partial charge in [0.1, 0.15) is 0 Å². The van der Waals surface area contributed by atoms with Crippen LogP contribution in [-0.4, -0.2) is 32.4 Å². The molecule has 0 heterocycles. The first-order valence-electron chi connectivity index (χ1n) is 1.87. The predicted octanol–water partition coefficient (Wildman–Crippen LogP) is -8.95. The molecule has 0 rings (SSSR count). The maximum atomic E-state index is 10.2. The van der Waals surface area contributed by atoms with Crippen molar-refractivity contribution in [3.8, 4) is 0 Å². The first kappa shape index (κ1) is 36.2. The number of rotatable bonds is 2. The molecule has 0 fully saturated rings. The van der Waals surface area contributed by atoms with E-state index in [1.165, 1.54) is 5.87 Å². The smallest absolute Gasteiger partial charge is 0.763 e. The van der Waals surface area contributed by atoms with E-state index in [1.54, 1.807) is 0 Å². The van der Waals surface area contributed by atoms with Gasteiger partial charge in [0.2, 0.25) is 0 Å². The molecule has 10 heteroatoms. The molecule has 8 N–H and O–H groups in total. The molecule has 0 bridgehead atoms. The Bertz CT molecular complexity index is 203. The molecular weight excluding hydrogens is 250 g/mol. The van der Waals surface area contributed by atoms with Crippen LogP contribution in [0.3, 0.4) is 0 Å². The second-order valence-corrected chi connectivity index (χ2v) is 2.21. The summed E-state index contributed by atoms with van der Waals surface area (Å²) in [7, 11) is 0. The standard InChI is InChI=1S/C4H3N2OS2.2Na.3H2O/c5-1-2(3(6)7)4(8)9;;;;;/h(H2,6,7)(H,8,9);;;3*1H2/q-1;2*+1;;;/p-1. The molecule has 0 atom stereocenters. The van der Waals surface area contributed by atoms with Gasteiger partial charge in [0.25, 0.3) is 5.91 Å². The molecular formula is C4H8N2Na2O4S2. The zero-order valence-electron chi connectivity index (χ0n) is 7.75. The molecule has 0 radical (unpaired) electrons. The van der Waals surface area contributed by atoms with E-state index in [-0.39, 0.29) is 85.3 Å². The van der Waals surface area contributed by atoms with Crippen molar-refractivity contribution in [2.45, 2.75) is 0 Å². The molecule has 0 aromatic carbocycles. The molecule has 0 aliphatic heterocycles. The van der Waals surface area contributed by atoms with E-state index in [9.17, 15) is 4.79 Å². The minimum absolute atomic E-state index is 0. The van der Waals surface area contributed by atoms with Gasteiger partial charge >= 0.3 is 59.1 Å². The minimum Gasteiger partial charge on any atom is -0.763 e. The van der Waals surface area contributed by atoms with E-state index >= 15 is 0 Å². The van der Waals surface area contributed by atoms with Crippen molar-refractivity contribution < 1.29 is 80.3 Å². The van der Waals surface area contributed by atoms with Crippen molar-refractivity contribution in [3.63, 3.8) is 0 Å². The predicted molar refractivity (Wildman–Crippen MR) is 51.9 cm³/mol. The molecule has 1 amide bonds. The molecule has 0 saturated heterocycles. The third kappa shape index (κ3) is 15.6. The number of hydrogen-bond acceptors (Lipinski definition) is 3. The Labute approximate surface area is 136 Å². The van der Waals surface area contributed by atoms with E-state index in [2.05, 4.69) is 24.8 Å². The van der Waals surface area contributed by atoms with Crippen LogP contribution >= 0.6 is 12.2 Å². The van der Waals surface area contributed by atoms with Gasteiger partial charge in [-0.15, -0.1) is 4.20 Å². The van der Waals surface area contributed by atoms with E-state index in [4.69, 9.17) is 11.1 Å². The summed E-state index contributed by atoms with van der Waals surface area (Å²) in [6, 6.07) is 0. The van der Waals surface area contributed by atoms with Gasteiger partial charge in [-0.25, -0.2) is 0 Å². The molecule has 0 aliphatic carbocycles. The quantitative estimate of drug-likeness (QED) is 0.171. The third-order valence-electron chi connectivity index (χ3n) is 0.562. The number of nitrogens with two attached hydrogens (primary N) is 1. The number of amides is 1. The SMILES string of the molecule is O.O.O.[N-]=C=C(C(N)=O)C(=S)[S-].[Na+].[Na+]. The normalized spacial score (nSPS) is 4.86. The Balaban J connectivity index is -0.0000000320. The summed E-state index contributed by atoms with van der Waals surface area (Å²) in [6.07, 6.45) is 0. The molecule has 0 unspecified atom stereocenters. The molecule has 0 saturated carbocycles. The van der Waals surface area contributed by atoms with Crippen molar-refractivity contribution in [2.24, 2.45) is 5.73 Å². The summed E-state index contributed by atoms with van der Waals surface area (Å²) < 4.78 is -0.176. The van der Waals surface area contributed by atoms with Gasteiger partial charge in [0.15, 0.2) is 0 Å². The van der Waals surface area contributed by atoms with Crippen molar-refractivity contribution in [1.82, 2.24) is 0 Å². The maximum Gasteiger partial charge on any atom is 1.00 e. The fourth-order valence-corrected chi connectivity index (χ4v) is 0.494. The third-order valence-corrected chi connectivity index (χ3v) is 0.971.